The first-order valence-electron chi connectivity index (χ1n) is 6.62. The van der Waals surface area contributed by atoms with Gasteiger partial charge in [0.05, 0.1) is 11.6 Å². The first kappa shape index (κ1) is 14.5. The number of hydrogen-bond donors (Lipinski definition) is 1. The van der Waals surface area contributed by atoms with Crippen LogP contribution in [0.2, 0.25) is 5.02 Å². The Labute approximate surface area is 137 Å². The third kappa shape index (κ3) is 2.95. The van der Waals surface area contributed by atoms with E-state index in [0.29, 0.717) is 5.02 Å². The zero-order valence-corrected chi connectivity index (χ0v) is 13.8. The van der Waals surface area contributed by atoms with Crippen LogP contribution in [0.15, 0.2) is 53.0 Å². The van der Waals surface area contributed by atoms with Gasteiger partial charge in [0.1, 0.15) is 0 Å². The van der Waals surface area contributed by atoms with Crippen LogP contribution in [0, 0.1) is 6.92 Å². The highest BCUT2D eigenvalue weighted by Gasteiger charge is 2.13. The maximum absolute atomic E-state index is 6.39. The molecule has 0 aliphatic heterocycles. The van der Waals surface area contributed by atoms with Crippen molar-refractivity contribution in [1.29, 1.82) is 0 Å². The van der Waals surface area contributed by atoms with Crippen LogP contribution in [0.1, 0.15) is 22.9 Å². The highest BCUT2D eigenvalue weighted by Crippen LogP contribution is 2.30. The average Bonchev–Trinajstić information content (AvgIpc) is 2.46. The van der Waals surface area contributed by atoms with E-state index in [0.717, 1.165) is 32.2 Å². The summed E-state index contributed by atoms with van der Waals surface area (Å²) >= 11 is 9.51. The van der Waals surface area contributed by atoms with Gasteiger partial charge in [-0.05, 0) is 48.4 Å². The molecule has 2 aromatic carbocycles. The Kier molecular flexibility index (Phi) is 3.98. The van der Waals surface area contributed by atoms with E-state index < -0.39 is 0 Å². The second kappa shape index (κ2) is 5.76. The molecule has 2 nitrogen and oxygen atoms in total. The van der Waals surface area contributed by atoms with Crippen molar-refractivity contribution in [2.45, 2.75) is 13.0 Å². The monoisotopic (exact) mass is 360 g/mol. The number of nitrogens with zero attached hydrogens (tertiary/aromatic N) is 1. The SMILES string of the molecule is Cc1ccc2cc(C(N)c3ccc(Cl)cc3Br)ccc2n1. The highest BCUT2D eigenvalue weighted by atomic mass is 79.9. The first-order chi connectivity index (χ1) is 10.0. The molecule has 1 heterocycles. The van der Waals surface area contributed by atoms with Crippen LogP contribution in [0.3, 0.4) is 0 Å². The van der Waals surface area contributed by atoms with Crippen molar-refractivity contribution < 1.29 is 0 Å². The van der Waals surface area contributed by atoms with E-state index in [-0.39, 0.29) is 6.04 Å². The maximum Gasteiger partial charge on any atom is 0.0705 e. The minimum atomic E-state index is -0.206. The van der Waals surface area contributed by atoms with Gasteiger partial charge >= 0.3 is 0 Å². The fourth-order valence-corrected chi connectivity index (χ4v) is 3.30. The predicted molar refractivity (Wildman–Crippen MR) is 91.7 cm³/mol. The number of nitrogens with two attached hydrogens (primary N) is 1. The second-order valence-electron chi connectivity index (χ2n) is 5.05. The number of pyridine rings is 1. The second-order valence-corrected chi connectivity index (χ2v) is 6.34. The van der Waals surface area contributed by atoms with Gasteiger partial charge < -0.3 is 5.73 Å². The summed E-state index contributed by atoms with van der Waals surface area (Å²) in [6.45, 7) is 1.99. The molecule has 3 aromatic rings. The molecule has 1 aromatic heterocycles. The molecule has 106 valence electrons. The molecule has 0 spiro atoms. The summed E-state index contributed by atoms with van der Waals surface area (Å²) in [5, 5.41) is 1.79. The maximum atomic E-state index is 6.39. The standard InChI is InChI=1S/C17H14BrClN2/c1-10-2-3-11-8-12(4-7-16(11)21-10)17(20)14-6-5-13(19)9-15(14)18/h2-9,17H,20H2,1H3. The van der Waals surface area contributed by atoms with Crippen molar-refractivity contribution in [2.24, 2.45) is 5.73 Å². The molecule has 4 heteroatoms. The van der Waals surface area contributed by atoms with Gasteiger partial charge in [0, 0.05) is 20.6 Å². The van der Waals surface area contributed by atoms with E-state index in [1.54, 1.807) is 0 Å². The van der Waals surface area contributed by atoms with Crippen molar-refractivity contribution in [3.63, 3.8) is 0 Å². The Balaban J connectivity index is 2.04. The zero-order valence-electron chi connectivity index (χ0n) is 11.5. The van der Waals surface area contributed by atoms with E-state index in [1.807, 2.05) is 43.3 Å². The number of rotatable bonds is 2. The van der Waals surface area contributed by atoms with E-state index in [2.05, 4.69) is 33.0 Å². The van der Waals surface area contributed by atoms with Gasteiger partial charge in [-0.1, -0.05) is 45.7 Å². The van der Waals surface area contributed by atoms with Gasteiger partial charge in [-0.2, -0.15) is 0 Å². The summed E-state index contributed by atoms with van der Waals surface area (Å²) in [7, 11) is 0. The Bertz CT molecular complexity index is 817. The minimum Gasteiger partial charge on any atom is -0.320 e. The summed E-state index contributed by atoms with van der Waals surface area (Å²) in [6.07, 6.45) is 0. The molecule has 21 heavy (non-hydrogen) atoms. The van der Waals surface area contributed by atoms with Crippen LogP contribution < -0.4 is 5.73 Å². The fraction of sp³-hybridized carbons (Fsp3) is 0.118. The molecule has 0 amide bonds. The Morgan fingerprint density at radius 1 is 1.10 bits per heavy atom. The normalized spacial score (nSPS) is 12.6. The molecule has 2 N–H and O–H groups in total. The third-order valence-electron chi connectivity index (χ3n) is 3.51. The van der Waals surface area contributed by atoms with E-state index in [1.165, 1.54) is 0 Å². The predicted octanol–water partition coefficient (Wildman–Crippen LogP) is 5.01. The molecular weight excluding hydrogens is 348 g/mol. The summed E-state index contributed by atoms with van der Waals surface area (Å²) in [6, 6.07) is 15.7. The van der Waals surface area contributed by atoms with E-state index >= 15 is 0 Å². The molecule has 0 saturated heterocycles. The molecule has 0 fully saturated rings. The lowest BCUT2D eigenvalue weighted by atomic mass is 9.98. The Morgan fingerprint density at radius 2 is 1.90 bits per heavy atom. The fourth-order valence-electron chi connectivity index (χ4n) is 2.37. The van der Waals surface area contributed by atoms with Gasteiger partial charge in [-0.25, -0.2) is 0 Å². The van der Waals surface area contributed by atoms with E-state index in [4.69, 9.17) is 17.3 Å². The molecule has 0 aliphatic carbocycles. The number of halogens is 2. The zero-order chi connectivity index (χ0) is 15.0. The van der Waals surface area contributed by atoms with Gasteiger partial charge in [0.15, 0.2) is 0 Å². The van der Waals surface area contributed by atoms with Crippen LogP contribution in [-0.2, 0) is 0 Å². The summed E-state index contributed by atoms with van der Waals surface area (Å²) < 4.78 is 0.921. The van der Waals surface area contributed by atoms with Crippen molar-refractivity contribution in [1.82, 2.24) is 4.98 Å². The molecule has 0 aliphatic rings. The number of benzene rings is 2. The van der Waals surface area contributed by atoms with Crippen molar-refractivity contribution in [3.05, 3.63) is 74.8 Å². The van der Waals surface area contributed by atoms with Gasteiger partial charge in [-0.3, -0.25) is 4.98 Å². The number of hydrogen-bond acceptors (Lipinski definition) is 2. The molecular formula is C17H14BrClN2. The quantitative estimate of drug-likeness (QED) is 0.697. The largest absolute Gasteiger partial charge is 0.320 e. The van der Waals surface area contributed by atoms with Crippen LogP contribution in [0.4, 0.5) is 0 Å². The van der Waals surface area contributed by atoms with Crippen molar-refractivity contribution in [3.8, 4) is 0 Å². The van der Waals surface area contributed by atoms with Crippen molar-refractivity contribution >= 4 is 38.4 Å². The van der Waals surface area contributed by atoms with Gasteiger partial charge in [0.2, 0.25) is 0 Å². The highest BCUT2D eigenvalue weighted by molar-refractivity contribution is 9.10. The lowest BCUT2D eigenvalue weighted by molar-refractivity contribution is 0.867. The topological polar surface area (TPSA) is 38.9 Å². The third-order valence-corrected chi connectivity index (χ3v) is 4.43. The summed E-state index contributed by atoms with van der Waals surface area (Å²) in [5.41, 5.74) is 10.5. The molecule has 1 unspecified atom stereocenters. The Morgan fingerprint density at radius 3 is 2.67 bits per heavy atom. The van der Waals surface area contributed by atoms with Crippen molar-refractivity contribution in [2.75, 3.05) is 0 Å². The number of aromatic nitrogens is 1. The van der Waals surface area contributed by atoms with Crippen LogP contribution in [-0.4, -0.2) is 4.98 Å². The first-order valence-corrected chi connectivity index (χ1v) is 7.79. The van der Waals surface area contributed by atoms with Crippen LogP contribution in [0.5, 0.6) is 0 Å². The van der Waals surface area contributed by atoms with Gasteiger partial charge in [-0.15, -0.1) is 0 Å². The molecule has 1 atom stereocenters. The molecule has 3 rings (SSSR count). The lowest BCUT2D eigenvalue weighted by Crippen LogP contribution is -2.12. The average molecular weight is 362 g/mol. The van der Waals surface area contributed by atoms with Crippen LogP contribution in [0.25, 0.3) is 10.9 Å². The van der Waals surface area contributed by atoms with Gasteiger partial charge in [0.25, 0.3) is 0 Å². The summed E-state index contributed by atoms with van der Waals surface area (Å²) in [4.78, 5) is 4.51. The summed E-state index contributed by atoms with van der Waals surface area (Å²) in [5.74, 6) is 0. The number of aryl methyl sites for hydroxylation is 1. The van der Waals surface area contributed by atoms with Crippen LogP contribution >= 0.6 is 27.5 Å². The van der Waals surface area contributed by atoms with E-state index in [9.17, 15) is 0 Å². The Hall–Kier alpha value is -1.42. The molecule has 0 bridgehead atoms. The number of fused-ring (bicyclic) bond motifs is 1. The smallest absolute Gasteiger partial charge is 0.0705 e. The molecule has 0 radical (unpaired) electrons. The molecule has 0 saturated carbocycles. The lowest BCUT2D eigenvalue weighted by Gasteiger charge is -2.15. The minimum absolute atomic E-state index is 0.206.